The number of carbonyl (C=O) groups excluding carboxylic acids is 1. The number of benzene rings is 1. The summed E-state index contributed by atoms with van der Waals surface area (Å²) in [7, 11) is 0. The average Bonchev–Trinajstić information content (AvgIpc) is 2.93. The molecule has 0 bridgehead atoms. The number of nitrogens with one attached hydrogen (secondary N) is 1. The number of carbonyl (C=O) groups is 2. The van der Waals surface area contributed by atoms with Crippen LogP contribution in [0, 0.1) is 0 Å². The van der Waals surface area contributed by atoms with Crippen molar-refractivity contribution < 1.29 is 19.1 Å². The topological polar surface area (TPSA) is 79.5 Å². The summed E-state index contributed by atoms with van der Waals surface area (Å²) >= 11 is 11.9. The molecule has 1 heterocycles. The number of hydrogen-bond acceptors (Lipinski definition) is 3. The Labute approximate surface area is 130 Å². The summed E-state index contributed by atoms with van der Waals surface area (Å²) in [5.74, 6) is -0.740. The van der Waals surface area contributed by atoms with Gasteiger partial charge in [0, 0.05) is 12.8 Å². The lowest BCUT2D eigenvalue weighted by Gasteiger charge is -2.10. The van der Waals surface area contributed by atoms with Gasteiger partial charge in [-0.25, -0.2) is 4.79 Å². The minimum Gasteiger partial charge on any atom is -0.478 e. The number of anilines is 1. The molecule has 0 saturated heterocycles. The van der Waals surface area contributed by atoms with Gasteiger partial charge in [-0.15, -0.1) is 0 Å². The van der Waals surface area contributed by atoms with Crippen molar-refractivity contribution >= 4 is 40.8 Å². The fraction of sp³-hybridized carbons (Fsp3) is 0.143. The molecule has 0 fully saturated rings. The van der Waals surface area contributed by atoms with E-state index in [1.807, 2.05) is 0 Å². The number of hydrogen-bond donors (Lipinski definition) is 2. The smallest absolute Gasteiger partial charge is 0.335 e. The molecule has 1 aromatic carbocycles. The van der Waals surface area contributed by atoms with Gasteiger partial charge in [-0.3, -0.25) is 4.79 Å². The van der Waals surface area contributed by atoms with Crippen molar-refractivity contribution in [2.24, 2.45) is 0 Å². The van der Waals surface area contributed by atoms with Crippen molar-refractivity contribution in [2.45, 2.75) is 12.8 Å². The van der Waals surface area contributed by atoms with Crippen LogP contribution in [0.15, 0.2) is 34.9 Å². The Morgan fingerprint density at radius 3 is 2.43 bits per heavy atom. The van der Waals surface area contributed by atoms with Gasteiger partial charge in [0.1, 0.15) is 5.76 Å². The molecule has 0 saturated carbocycles. The monoisotopic (exact) mass is 327 g/mol. The number of aryl methyl sites for hydroxylation is 1. The minimum atomic E-state index is -1.14. The molecule has 0 unspecified atom stereocenters. The second kappa shape index (κ2) is 6.65. The Bertz CT molecular complexity index is 645. The molecule has 0 aliphatic rings. The van der Waals surface area contributed by atoms with Gasteiger partial charge in [0.25, 0.3) is 0 Å². The van der Waals surface area contributed by atoms with Crippen LogP contribution < -0.4 is 5.32 Å². The fourth-order valence-corrected chi connectivity index (χ4v) is 2.29. The van der Waals surface area contributed by atoms with E-state index in [2.05, 4.69) is 5.32 Å². The van der Waals surface area contributed by atoms with Gasteiger partial charge >= 0.3 is 5.97 Å². The van der Waals surface area contributed by atoms with E-state index in [1.54, 1.807) is 12.1 Å². The lowest BCUT2D eigenvalue weighted by atomic mass is 10.2. The van der Waals surface area contributed by atoms with Gasteiger partial charge < -0.3 is 14.8 Å². The lowest BCUT2D eigenvalue weighted by Crippen LogP contribution is -2.13. The first-order chi connectivity index (χ1) is 9.97. The van der Waals surface area contributed by atoms with E-state index in [0.717, 1.165) is 0 Å². The molecule has 0 radical (unpaired) electrons. The number of carboxylic acid groups (broad SMARTS) is 1. The second-order valence-electron chi connectivity index (χ2n) is 4.25. The summed E-state index contributed by atoms with van der Waals surface area (Å²) in [6.07, 6.45) is 2.17. The van der Waals surface area contributed by atoms with E-state index in [4.69, 9.17) is 32.7 Å². The molecule has 7 heteroatoms. The molecule has 2 N–H and O–H groups in total. The maximum Gasteiger partial charge on any atom is 0.335 e. The predicted molar refractivity (Wildman–Crippen MR) is 79.1 cm³/mol. The number of carboxylic acids is 1. The van der Waals surface area contributed by atoms with Gasteiger partial charge in [-0.05, 0) is 24.3 Å². The van der Waals surface area contributed by atoms with Crippen molar-refractivity contribution in [3.05, 3.63) is 51.9 Å². The highest BCUT2D eigenvalue weighted by Crippen LogP contribution is 2.32. The summed E-state index contributed by atoms with van der Waals surface area (Å²) in [5, 5.41) is 11.6. The first-order valence-corrected chi connectivity index (χ1v) is 6.77. The normalized spacial score (nSPS) is 10.4. The summed E-state index contributed by atoms with van der Waals surface area (Å²) in [4.78, 5) is 22.7. The molecule has 0 atom stereocenters. The van der Waals surface area contributed by atoms with E-state index >= 15 is 0 Å². The summed E-state index contributed by atoms with van der Waals surface area (Å²) in [6.45, 7) is 0. The zero-order valence-electron chi connectivity index (χ0n) is 10.7. The summed E-state index contributed by atoms with van der Waals surface area (Å²) in [5.41, 5.74) is 0.159. The van der Waals surface area contributed by atoms with Gasteiger partial charge in [0.2, 0.25) is 5.91 Å². The van der Waals surface area contributed by atoms with Gasteiger partial charge in [0.15, 0.2) is 0 Å². The van der Waals surface area contributed by atoms with Crippen LogP contribution >= 0.6 is 23.2 Å². The van der Waals surface area contributed by atoms with Crippen molar-refractivity contribution in [3.8, 4) is 0 Å². The van der Waals surface area contributed by atoms with Crippen LogP contribution in [0.1, 0.15) is 22.5 Å². The van der Waals surface area contributed by atoms with Gasteiger partial charge in [-0.1, -0.05) is 23.2 Å². The molecule has 21 heavy (non-hydrogen) atoms. The first-order valence-electron chi connectivity index (χ1n) is 6.02. The Kier molecular flexibility index (Phi) is 4.88. The highest BCUT2D eigenvalue weighted by atomic mass is 35.5. The van der Waals surface area contributed by atoms with Gasteiger partial charge in [-0.2, -0.15) is 0 Å². The van der Waals surface area contributed by atoms with Gasteiger partial charge in [0.05, 0.1) is 27.6 Å². The van der Waals surface area contributed by atoms with Crippen LogP contribution in [-0.2, 0) is 11.2 Å². The zero-order valence-corrected chi connectivity index (χ0v) is 12.2. The molecule has 1 amide bonds. The van der Waals surface area contributed by atoms with Crippen molar-refractivity contribution in [2.75, 3.05) is 5.32 Å². The van der Waals surface area contributed by atoms with E-state index in [1.165, 1.54) is 18.4 Å². The van der Waals surface area contributed by atoms with Crippen LogP contribution in [0.4, 0.5) is 5.69 Å². The van der Waals surface area contributed by atoms with E-state index in [-0.39, 0.29) is 33.6 Å². The molecular weight excluding hydrogens is 317 g/mol. The number of furan rings is 1. The van der Waals surface area contributed by atoms with Crippen LogP contribution in [-0.4, -0.2) is 17.0 Å². The first kappa shape index (κ1) is 15.4. The van der Waals surface area contributed by atoms with E-state index in [0.29, 0.717) is 12.2 Å². The molecular formula is C14H11Cl2NO4. The number of amides is 1. The van der Waals surface area contributed by atoms with Crippen LogP contribution in [0.2, 0.25) is 10.0 Å². The molecule has 110 valence electrons. The molecule has 1 aromatic heterocycles. The van der Waals surface area contributed by atoms with Crippen molar-refractivity contribution in [1.29, 1.82) is 0 Å². The van der Waals surface area contributed by atoms with Crippen LogP contribution in [0.3, 0.4) is 0 Å². The standard InChI is InChI=1S/C14H11Cl2NO4/c15-10-6-8(14(19)20)7-11(16)13(10)17-12(18)4-3-9-2-1-5-21-9/h1-2,5-7H,3-4H2,(H,17,18)(H,19,20). The lowest BCUT2D eigenvalue weighted by molar-refractivity contribution is -0.116. The molecule has 0 aliphatic heterocycles. The Hall–Kier alpha value is -1.98. The van der Waals surface area contributed by atoms with Crippen LogP contribution in [0.25, 0.3) is 0 Å². The average molecular weight is 328 g/mol. The quantitative estimate of drug-likeness (QED) is 0.873. The predicted octanol–water partition coefficient (Wildman–Crippen LogP) is 3.86. The third-order valence-corrected chi connectivity index (χ3v) is 3.33. The maximum atomic E-state index is 11.8. The fourth-order valence-electron chi connectivity index (χ4n) is 1.71. The number of halogens is 2. The SMILES string of the molecule is O=C(CCc1ccco1)Nc1c(Cl)cc(C(=O)O)cc1Cl. The minimum absolute atomic E-state index is 0.0430. The number of rotatable bonds is 5. The molecule has 2 rings (SSSR count). The maximum absolute atomic E-state index is 11.8. The summed E-state index contributed by atoms with van der Waals surface area (Å²) < 4.78 is 5.13. The Morgan fingerprint density at radius 2 is 1.90 bits per heavy atom. The van der Waals surface area contributed by atoms with Crippen molar-refractivity contribution in [1.82, 2.24) is 0 Å². The number of aromatic carboxylic acids is 1. The highest BCUT2D eigenvalue weighted by Gasteiger charge is 2.14. The van der Waals surface area contributed by atoms with E-state index < -0.39 is 5.97 Å². The Balaban J connectivity index is 2.05. The third-order valence-electron chi connectivity index (χ3n) is 2.73. The molecule has 0 aliphatic carbocycles. The molecule has 0 spiro atoms. The second-order valence-corrected chi connectivity index (χ2v) is 5.06. The third kappa shape index (κ3) is 4.00. The Morgan fingerprint density at radius 1 is 1.24 bits per heavy atom. The highest BCUT2D eigenvalue weighted by molar-refractivity contribution is 6.40. The largest absolute Gasteiger partial charge is 0.478 e. The summed E-state index contributed by atoms with van der Waals surface area (Å²) in [6, 6.07) is 5.98. The zero-order chi connectivity index (χ0) is 15.4. The molecule has 5 nitrogen and oxygen atoms in total. The van der Waals surface area contributed by atoms with Crippen LogP contribution in [0.5, 0.6) is 0 Å². The molecule has 2 aromatic rings. The van der Waals surface area contributed by atoms with Crippen molar-refractivity contribution in [3.63, 3.8) is 0 Å². The van der Waals surface area contributed by atoms with E-state index in [9.17, 15) is 9.59 Å².